The Labute approximate surface area is 110 Å². The first-order valence-corrected chi connectivity index (χ1v) is 6.58. The van der Waals surface area contributed by atoms with E-state index in [9.17, 15) is 9.41 Å². The van der Waals surface area contributed by atoms with Gasteiger partial charge < -0.3 is 19.2 Å². The Morgan fingerprint density at radius 2 is 2.00 bits per heavy atom. The van der Waals surface area contributed by atoms with Crippen LogP contribution in [0.5, 0.6) is 0 Å². The second kappa shape index (κ2) is 4.28. The molecule has 0 aliphatic carbocycles. The SMILES string of the molecule is OB(c1ccc(F)cc1)C1OC2C3OCC(CC12)O3. The minimum absolute atomic E-state index is 0.0705. The summed E-state index contributed by atoms with van der Waals surface area (Å²) in [6.45, 7) is -0.111. The van der Waals surface area contributed by atoms with E-state index in [1.165, 1.54) is 12.1 Å². The lowest BCUT2D eigenvalue weighted by Gasteiger charge is -2.50. The lowest BCUT2D eigenvalue weighted by atomic mass is 9.49. The van der Waals surface area contributed by atoms with Crippen molar-refractivity contribution in [1.82, 2.24) is 0 Å². The molecule has 6 heteroatoms. The molecule has 3 saturated heterocycles. The van der Waals surface area contributed by atoms with Gasteiger partial charge in [-0.1, -0.05) is 12.1 Å². The van der Waals surface area contributed by atoms with Crippen LogP contribution in [0.15, 0.2) is 24.3 Å². The summed E-state index contributed by atoms with van der Waals surface area (Å²) in [6, 6.07) is 5.66. The molecule has 1 N–H and O–H groups in total. The maximum Gasteiger partial charge on any atom is 0.354 e. The summed E-state index contributed by atoms with van der Waals surface area (Å²) in [5, 5.41) is 10.3. The zero-order chi connectivity index (χ0) is 13.0. The van der Waals surface area contributed by atoms with Crippen molar-refractivity contribution in [3.63, 3.8) is 0 Å². The average Bonchev–Trinajstić information content (AvgIpc) is 2.79. The zero-order valence-corrected chi connectivity index (χ0v) is 10.2. The van der Waals surface area contributed by atoms with Crippen LogP contribution >= 0.6 is 0 Å². The van der Waals surface area contributed by atoms with E-state index in [4.69, 9.17) is 14.2 Å². The average molecular weight is 264 g/mol. The van der Waals surface area contributed by atoms with E-state index in [0.29, 0.717) is 12.1 Å². The molecule has 4 rings (SSSR count). The Kier molecular flexibility index (Phi) is 2.67. The van der Waals surface area contributed by atoms with Gasteiger partial charge in [0.25, 0.3) is 0 Å². The highest BCUT2D eigenvalue weighted by Crippen LogP contribution is 2.44. The van der Waals surface area contributed by atoms with Crippen molar-refractivity contribution in [2.24, 2.45) is 5.92 Å². The molecule has 1 aromatic carbocycles. The molecule has 3 heterocycles. The number of ether oxygens (including phenoxy) is 3. The molecule has 0 aromatic heterocycles. The molecule has 5 unspecified atom stereocenters. The predicted octanol–water partition coefficient (Wildman–Crippen LogP) is 0.0845. The molecule has 2 bridgehead atoms. The number of hydrogen-bond acceptors (Lipinski definition) is 4. The van der Waals surface area contributed by atoms with Gasteiger partial charge in [0.1, 0.15) is 11.9 Å². The highest BCUT2D eigenvalue weighted by molar-refractivity contribution is 6.67. The van der Waals surface area contributed by atoms with Crippen LogP contribution in [0.2, 0.25) is 0 Å². The van der Waals surface area contributed by atoms with Crippen molar-refractivity contribution >= 4 is 12.4 Å². The van der Waals surface area contributed by atoms with Crippen LogP contribution in [0.1, 0.15) is 6.42 Å². The van der Waals surface area contributed by atoms with E-state index in [2.05, 4.69) is 0 Å². The van der Waals surface area contributed by atoms with E-state index >= 15 is 0 Å². The molecular formula is C13H14BFO4. The maximum atomic E-state index is 12.9. The van der Waals surface area contributed by atoms with Gasteiger partial charge in [0.2, 0.25) is 0 Å². The maximum absolute atomic E-state index is 12.9. The zero-order valence-electron chi connectivity index (χ0n) is 10.2. The topological polar surface area (TPSA) is 47.9 Å². The highest BCUT2D eigenvalue weighted by Gasteiger charge is 2.58. The fraction of sp³-hybridized carbons (Fsp3) is 0.538. The van der Waals surface area contributed by atoms with Gasteiger partial charge in [0.05, 0.1) is 18.7 Å². The van der Waals surface area contributed by atoms with Crippen molar-refractivity contribution in [3.8, 4) is 0 Å². The van der Waals surface area contributed by atoms with Gasteiger partial charge in [-0.05, 0) is 24.0 Å². The third-order valence-corrected chi connectivity index (χ3v) is 4.26. The lowest BCUT2D eigenvalue weighted by molar-refractivity contribution is -0.276. The van der Waals surface area contributed by atoms with E-state index in [0.717, 1.165) is 6.42 Å². The van der Waals surface area contributed by atoms with Crippen LogP contribution in [0.3, 0.4) is 0 Å². The molecule has 3 aliphatic rings. The second-order valence-electron chi connectivity index (χ2n) is 5.42. The van der Waals surface area contributed by atoms with Crippen molar-refractivity contribution in [2.45, 2.75) is 30.9 Å². The number of halogens is 1. The summed E-state index contributed by atoms with van der Waals surface area (Å²) < 4.78 is 29.7. The molecule has 0 saturated carbocycles. The Morgan fingerprint density at radius 3 is 2.79 bits per heavy atom. The second-order valence-corrected chi connectivity index (χ2v) is 5.42. The van der Waals surface area contributed by atoms with Crippen LogP contribution in [-0.4, -0.2) is 43.0 Å². The summed E-state index contributed by atoms with van der Waals surface area (Å²) in [6.07, 6.45) is 0.627. The van der Waals surface area contributed by atoms with E-state index < -0.39 is 6.92 Å². The normalized spacial score (nSPS) is 39.6. The quantitative estimate of drug-likeness (QED) is 0.769. The largest absolute Gasteiger partial charge is 0.445 e. The minimum Gasteiger partial charge on any atom is -0.445 e. The van der Waals surface area contributed by atoms with Crippen molar-refractivity contribution < 1.29 is 23.6 Å². The molecule has 5 atom stereocenters. The van der Waals surface area contributed by atoms with Gasteiger partial charge in [-0.25, -0.2) is 4.39 Å². The summed E-state index contributed by atoms with van der Waals surface area (Å²) in [5.74, 6) is -0.0489. The molecule has 0 spiro atoms. The minimum atomic E-state index is -0.723. The third-order valence-electron chi connectivity index (χ3n) is 4.26. The fourth-order valence-electron chi connectivity index (χ4n) is 3.24. The van der Waals surface area contributed by atoms with Crippen LogP contribution in [0.4, 0.5) is 4.39 Å². The van der Waals surface area contributed by atoms with E-state index in [1.54, 1.807) is 12.1 Å². The van der Waals surface area contributed by atoms with Gasteiger partial charge in [-0.2, -0.15) is 0 Å². The first kappa shape index (κ1) is 11.8. The van der Waals surface area contributed by atoms with Crippen LogP contribution in [0, 0.1) is 11.7 Å². The van der Waals surface area contributed by atoms with Crippen LogP contribution in [-0.2, 0) is 14.2 Å². The smallest absolute Gasteiger partial charge is 0.354 e. The van der Waals surface area contributed by atoms with Crippen molar-refractivity contribution in [2.75, 3.05) is 6.61 Å². The van der Waals surface area contributed by atoms with Gasteiger partial charge in [-0.15, -0.1) is 0 Å². The van der Waals surface area contributed by atoms with Crippen molar-refractivity contribution in [3.05, 3.63) is 30.1 Å². The summed E-state index contributed by atoms with van der Waals surface area (Å²) >= 11 is 0. The van der Waals surface area contributed by atoms with Gasteiger partial charge in [0, 0.05) is 5.92 Å². The molecule has 3 aliphatic heterocycles. The molecule has 19 heavy (non-hydrogen) atoms. The fourth-order valence-corrected chi connectivity index (χ4v) is 3.24. The monoisotopic (exact) mass is 264 g/mol. The van der Waals surface area contributed by atoms with Gasteiger partial charge in [0.15, 0.2) is 6.29 Å². The molecular weight excluding hydrogens is 250 g/mol. The summed E-state index contributed by atoms with van der Waals surface area (Å²) in [5.41, 5.74) is 0.685. The number of benzene rings is 1. The standard InChI is InChI=1S/C13H14BFO4/c15-8-3-1-7(2-4-8)14(16)12-10-5-9-6-17-13(18-9)11(10)19-12/h1-4,9-13,16H,5-6H2. The summed E-state index contributed by atoms with van der Waals surface area (Å²) in [7, 11) is 0. The van der Waals surface area contributed by atoms with Crippen LogP contribution < -0.4 is 5.46 Å². The first-order chi connectivity index (χ1) is 9.22. The Hall–Kier alpha value is -0.945. The third kappa shape index (κ3) is 1.82. The Balaban J connectivity index is 1.50. The Bertz CT molecular complexity index is 482. The van der Waals surface area contributed by atoms with E-state index in [-0.39, 0.29) is 36.2 Å². The number of rotatable bonds is 2. The molecule has 1 aromatic rings. The highest BCUT2D eigenvalue weighted by atomic mass is 19.1. The summed E-state index contributed by atoms with van der Waals surface area (Å²) in [4.78, 5) is 0. The molecule has 0 radical (unpaired) electrons. The predicted molar refractivity (Wildman–Crippen MR) is 65.4 cm³/mol. The molecule has 100 valence electrons. The van der Waals surface area contributed by atoms with Gasteiger partial charge >= 0.3 is 6.92 Å². The van der Waals surface area contributed by atoms with Crippen LogP contribution in [0.25, 0.3) is 0 Å². The number of fused-ring (bicyclic) bond motifs is 4. The molecule has 3 fully saturated rings. The Morgan fingerprint density at radius 1 is 1.21 bits per heavy atom. The number of hydrogen-bond donors (Lipinski definition) is 1. The van der Waals surface area contributed by atoms with Crippen molar-refractivity contribution in [1.29, 1.82) is 0 Å². The lowest BCUT2D eigenvalue weighted by Crippen LogP contribution is -2.65. The molecule has 4 nitrogen and oxygen atoms in total. The van der Waals surface area contributed by atoms with Gasteiger partial charge in [-0.3, -0.25) is 0 Å². The van der Waals surface area contributed by atoms with E-state index in [1.807, 2.05) is 0 Å². The first-order valence-electron chi connectivity index (χ1n) is 6.58. The molecule has 0 amide bonds.